The number of halogens is 2. The van der Waals surface area contributed by atoms with Gasteiger partial charge in [0.05, 0.1) is 1.43 Å². The predicted octanol–water partition coefficient (Wildman–Crippen LogP) is 8.05. The average Bonchev–Trinajstić information content (AvgIpc) is 2.38. The van der Waals surface area contributed by atoms with Crippen molar-refractivity contribution in [1.82, 2.24) is 0 Å². The summed E-state index contributed by atoms with van der Waals surface area (Å²) in [7, 11) is 0. The highest BCUT2D eigenvalue weighted by atomic mass is 127. The molecule has 0 atom stereocenters. The standard InChI is InChI=1S/C17H34I2/c1-3-5-7-9-11-13-15-17(18,19)16-14-12-10-8-6-4-2/h3-16H2,1-2H3. The molecule has 0 rings (SSSR count). The van der Waals surface area contributed by atoms with E-state index in [2.05, 4.69) is 59.0 Å². The quantitative estimate of drug-likeness (QED) is 0.131. The van der Waals surface area contributed by atoms with Gasteiger partial charge < -0.3 is 0 Å². The Balaban J connectivity index is 3.36. The second-order valence-electron chi connectivity index (χ2n) is 5.89. The predicted molar refractivity (Wildman–Crippen MR) is 107 cm³/mol. The molecule has 0 aromatic rings. The van der Waals surface area contributed by atoms with E-state index in [0.29, 0.717) is 1.43 Å². The molecule has 19 heavy (non-hydrogen) atoms. The fourth-order valence-corrected chi connectivity index (χ4v) is 3.98. The largest absolute Gasteiger partial charge is 0.0734 e. The second kappa shape index (κ2) is 14.4. The lowest BCUT2D eigenvalue weighted by Crippen LogP contribution is -2.10. The van der Waals surface area contributed by atoms with Crippen molar-refractivity contribution in [2.45, 2.75) is 105 Å². The molecule has 0 amide bonds. The Morgan fingerprint density at radius 1 is 0.526 bits per heavy atom. The van der Waals surface area contributed by atoms with Crippen LogP contribution in [0.1, 0.15) is 104 Å². The third-order valence-corrected chi connectivity index (χ3v) is 5.95. The minimum atomic E-state index is 0.533. The Kier molecular flexibility index (Phi) is 15.5. The first-order chi connectivity index (χ1) is 9.12. The van der Waals surface area contributed by atoms with Crippen molar-refractivity contribution in [2.24, 2.45) is 0 Å². The summed E-state index contributed by atoms with van der Waals surface area (Å²) in [5.41, 5.74) is 0. The van der Waals surface area contributed by atoms with E-state index in [9.17, 15) is 0 Å². The highest BCUT2D eigenvalue weighted by Gasteiger charge is 2.20. The van der Waals surface area contributed by atoms with Crippen LogP contribution in [0.2, 0.25) is 0 Å². The normalized spacial score (nSPS) is 12.0. The molecule has 0 spiro atoms. The summed E-state index contributed by atoms with van der Waals surface area (Å²) in [5.74, 6) is 0. The van der Waals surface area contributed by atoms with Crippen LogP contribution in [0.15, 0.2) is 0 Å². The van der Waals surface area contributed by atoms with Crippen molar-refractivity contribution in [2.75, 3.05) is 0 Å². The van der Waals surface area contributed by atoms with Gasteiger partial charge in [0, 0.05) is 0 Å². The molecule has 0 radical (unpaired) electrons. The molecule has 0 aromatic carbocycles. The fraction of sp³-hybridized carbons (Fsp3) is 1.00. The van der Waals surface area contributed by atoms with Gasteiger partial charge >= 0.3 is 0 Å². The lowest BCUT2D eigenvalue weighted by atomic mass is 10.0. The summed E-state index contributed by atoms with van der Waals surface area (Å²) in [6.07, 6.45) is 20.0. The molecule has 0 N–H and O–H groups in total. The van der Waals surface area contributed by atoms with E-state index in [1.807, 2.05) is 0 Å². The van der Waals surface area contributed by atoms with Crippen LogP contribution in [0.25, 0.3) is 0 Å². The highest BCUT2D eigenvalue weighted by Crippen LogP contribution is 2.38. The van der Waals surface area contributed by atoms with Crippen molar-refractivity contribution < 1.29 is 0 Å². The van der Waals surface area contributed by atoms with Crippen LogP contribution >= 0.6 is 45.2 Å². The first-order valence-corrected chi connectivity index (χ1v) is 10.7. The van der Waals surface area contributed by atoms with Gasteiger partial charge in [0.1, 0.15) is 0 Å². The van der Waals surface area contributed by atoms with Gasteiger partial charge in [-0.15, -0.1) is 0 Å². The topological polar surface area (TPSA) is 0 Å². The van der Waals surface area contributed by atoms with Gasteiger partial charge in [0.25, 0.3) is 0 Å². The van der Waals surface area contributed by atoms with E-state index >= 15 is 0 Å². The first kappa shape index (κ1) is 20.5. The van der Waals surface area contributed by atoms with Crippen LogP contribution in [0, 0.1) is 0 Å². The Bertz CT molecular complexity index is 160. The molecular weight excluding hydrogens is 458 g/mol. The van der Waals surface area contributed by atoms with E-state index in [4.69, 9.17) is 0 Å². The first-order valence-electron chi connectivity index (χ1n) is 8.50. The third-order valence-electron chi connectivity index (χ3n) is 3.79. The van der Waals surface area contributed by atoms with Crippen molar-refractivity contribution in [1.29, 1.82) is 0 Å². The Morgan fingerprint density at radius 3 is 1.21 bits per heavy atom. The number of rotatable bonds is 14. The maximum Gasteiger partial charge on any atom is 0.0734 e. The summed E-state index contributed by atoms with van der Waals surface area (Å²) >= 11 is 5.40. The zero-order chi connectivity index (χ0) is 14.4. The molecule has 0 aromatic heterocycles. The van der Waals surface area contributed by atoms with Gasteiger partial charge in [-0.2, -0.15) is 0 Å². The lowest BCUT2D eigenvalue weighted by Gasteiger charge is -2.20. The van der Waals surface area contributed by atoms with Crippen LogP contribution in [-0.2, 0) is 0 Å². The molecule has 0 aliphatic rings. The highest BCUT2D eigenvalue weighted by molar-refractivity contribution is 14.2. The van der Waals surface area contributed by atoms with Crippen LogP contribution in [0.3, 0.4) is 0 Å². The van der Waals surface area contributed by atoms with Crippen molar-refractivity contribution in [3.05, 3.63) is 0 Å². The molecule has 0 bridgehead atoms. The molecular formula is C17H34I2. The molecule has 0 saturated heterocycles. The fourth-order valence-electron chi connectivity index (χ4n) is 2.45. The van der Waals surface area contributed by atoms with Crippen molar-refractivity contribution in [3.8, 4) is 0 Å². The molecule has 0 saturated carbocycles. The monoisotopic (exact) mass is 492 g/mol. The van der Waals surface area contributed by atoms with Gasteiger partial charge in [-0.1, -0.05) is 136 Å². The lowest BCUT2D eigenvalue weighted by molar-refractivity contribution is 0.543. The van der Waals surface area contributed by atoms with Gasteiger partial charge in [0.2, 0.25) is 0 Å². The van der Waals surface area contributed by atoms with Crippen LogP contribution < -0.4 is 0 Å². The van der Waals surface area contributed by atoms with E-state index in [1.165, 1.54) is 89.9 Å². The number of hydrogen-bond donors (Lipinski definition) is 0. The van der Waals surface area contributed by atoms with E-state index in [0.717, 1.165) is 0 Å². The van der Waals surface area contributed by atoms with E-state index < -0.39 is 0 Å². The van der Waals surface area contributed by atoms with Crippen LogP contribution in [-0.4, -0.2) is 1.43 Å². The Hall–Kier alpha value is 1.46. The molecule has 116 valence electrons. The van der Waals surface area contributed by atoms with Gasteiger partial charge in [-0.05, 0) is 12.8 Å². The molecule has 0 heterocycles. The maximum absolute atomic E-state index is 2.70. The summed E-state index contributed by atoms with van der Waals surface area (Å²) in [6.45, 7) is 4.59. The Labute approximate surface area is 149 Å². The third kappa shape index (κ3) is 15.7. The summed E-state index contributed by atoms with van der Waals surface area (Å²) in [5, 5.41) is 0. The SMILES string of the molecule is CCCCCCCCC(I)(I)CCCCCCCC. The Morgan fingerprint density at radius 2 is 0.842 bits per heavy atom. The minimum Gasteiger partial charge on any atom is -0.0672 e. The number of alkyl halides is 2. The maximum atomic E-state index is 2.70. The summed E-state index contributed by atoms with van der Waals surface area (Å²) in [4.78, 5) is 0. The number of unbranched alkanes of at least 4 members (excludes halogenated alkanes) is 10. The summed E-state index contributed by atoms with van der Waals surface area (Å²) < 4.78 is 0.533. The van der Waals surface area contributed by atoms with Crippen LogP contribution in [0.5, 0.6) is 0 Å². The van der Waals surface area contributed by atoms with Gasteiger partial charge in [-0.3, -0.25) is 0 Å². The van der Waals surface area contributed by atoms with Gasteiger partial charge in [0.15, 0.2) is 0 Å². The van der Waals surface area contributed by atoms with Crippen molar-refractivity contribution >= 4 is 45.2 Å². The van der Waals surface area contributed by atoms with Gasteiger partial charge in [-0.25, -0.2) is 0 Å². The zero-order valence-electron chi connectivity index (χ0n) is 13.2. The molecule has 0 aliphatic heterocycles. The molecule has 0 nitrogen and oxygen atoms in total. The van der Waals surface area contributed by atoms with E-state index in [1.54, 1.807) is 0 Å². The zero-order valence-corrected chi connectivity index (χ0v) is 17.5. The van der Waals surface area contributed by atoms with E-state index in [-0.39, 0.29) is 0 Å². The average molecular weight is 492 g/mol. The van der Waals surface area contributed by atoms with Crippen molar-refractivity contribution in [3.63, 3.8) is 0 Å². The second-order valence-corrected chi connectivity index (χ2v) is 12.1. The van der Waals surface area contributed by atoms with Crippen LogP contribution in [0.4, 0.5) is 0 Å². The molecule has 2 heteroatoms. The smallest absolute Gasteiger partial charge is 0.0672 e. The molecule has 0 aliphatic carbocycles. The minimum absolute atomic E-state index is 0.533. The number of hydrogen-bond acceptors (Lipinski definition) is 0. The molecule has 0 unspecified atom stereocenters. The summed E-state index contributed by atoms with van der Waals surface area (Å²) in [6, 6.07) is 0. The molecule has 0 fully saturated rings.